The molecule has 0 saturated heterocycles. The third-order valence-corrected chi connectivity index (χ3v) is 2.62. The highest BCUT2D eigenvalue weighted by molar-refractivity contribution is 5.46. The Morgan fingerprint density at radius 1 is 1.53 bits per heavy atom. The Morgan fingerprint density at radius 2 is 2.32 bits per heavy atom. The lowest BCUT2D eigenvalue weighted by Crippen LogP contribution is -2.06. The van der Waals surface area contributed by atoms with Crippen LogP contribution in [0.1, 0.15) is 12.7 Å². The zero-order chi connectivity index (χ0) is 13.8. The summed E-state index contributed by atoms with van der Waals surface area (Å²) in [6, 6.07) is 3.10. The van der Waals surface area contributed by atoms with Gasteiger partial charge in [0, 0.05) is 31.1 Å². The highest BCUT2D eigenvalue weighted by Gasteiger charge is 2.16. The van der Waals surface area contributed by atoms with Crippen LogP contribution in [0.3, 0.4) is 0 Å². The second-order valence-corrected chi connectivity index (χ2v) is 3.79. The van der Waals surface area contributed by atoms with Gasteiger partial charge in [-0.1, -0.05) is 0 Å². The van der Waals surface area contributed by atoms with E-state index in [0.717, 1.165) is 18.2 Å². The van der Waals surface area contributed by atoms with Gasteiger partial charge in [0.1, 0.15) is 18.2 Å². The molecule has 1 aromatic heterocycles. The molecule has 0 amide bonds. The molecule has 0 fully saturated rings. The number of aryl methyl sites for hydroxylation is 1. The number of benzene rings is 1. The fourth-order valence-electron chi connectivity index (χ4n) is 1.66. The average molecular weight is 265 g/mol. The summed E-state index contributed by atoms with van der Waals surface area (Å²) in [5.41, 5.74) is -0.268. The number of rotatable bonds is 5. The first-order chi connectivity index (χ1) is 9.11. The Labute approximate surface area is 108 Å². The van der Waals surface area contributed by atoms with Crippen LogP contribution in [0.5, 0.6) is 5.75 Å². The maximum atomic E-state index is 13.1. The van der Waals surface area contributed by atoms with E-state index in [1.54, 1.807) is 12.4 Å². The molecule has 0 aliphatic heterocycles. The molecule has 100 valence electrons. The van der Waals surface area contributed by atoms with Crippen LogP contribution in [0.4, 0.5) is 10.1 Å². The minimum absolute atomic E-state index is 0.0468. The van der Waals surface area contributed by atoms with E-state index in [4.69, 9.17) is 4.74 Å². The molecular formula is C12H12FN3O3. The summed E-state index contributed by atoms with van der Waals surface area (Å²) in [5, 5.41) is 10.8. The first-order valence-corrected chi connectivity index (χ1v) is 5.68. The second-order valence-electron chi connectivity index (χ2n) is 3.79. The van der Waals surface area contributed by atoms with E-state index in [1.807, 2.05) is 11.5 Å². The van der Waals surface area contributed by atoms with Crippen molar-refractivity contribution in [1.29, 1.82) is 0 Å². The van der Waals surface area contributed by atoms with Crippen LogP contribution in [0.25, 0.3) is 0 Å². The van der Waals surface area contributed by atoms with Crippen molar-refractivity contribution in [3.05, 3.63) is 52.3 Å². The molecule has 0 radical (unpaired) electrons. The molecule has 2 rings (SSSR count). The molecule has 6 nitrogen and oxygen atoms in total. The summed E-state index contributed by atoms with van der Waals surface area (Å²) in [4.78, 5) is 14.3. The quantitative estimate of drug-likeness (QED) is 0.615. The van der Waals surface area contributed by atoms with Crippen molar-refractivity contribution in [2.45, 2.75) is 20.1 Å². The van der Waals surface area contributed by atoms with Gasteiger partial charge in [-0.3, -0.25) is 10.1 Å². The number of hydrogen-bond donors (Lipinski definition) is 0. The first-order valence-electron chi connectivity index (χ1n) is 5.68. The molecule has 0 N–H and O–H groups in total. The van der Waals surface area contributed by atoms with Gasteiger partial charge in [-0.2, -0.15) is 0 Å². The standard InChI is InChI=1S/C12H12FN3O3/c1-2-15-6-5-14-12(15)8-19-11-7-9(13)3-4-10(11)16(17)18/h3-7H,2,8H2,1H3. The van der Waals surface area contributed by atoms with E-state index in [9.17, 15) is 14.5 Å². The number of hydrogen-bond acceptors (Lipinski definition) is 4. The van der Waals surface area contributed by atoms with Gasteiger partial charge >= 0.3 is 5.69 Å². The largest absolute Gasteiger partial charge is 0.479 e. The smallest absolute Gasteiger partial charge is 0.311 e. The van der Waals surface area contributed by atoms with Gasteiger partial charge in [-0.25, -0.2) is 9.37 Å². The Bertz CT molecular complexity index is 598. The zero-order valence-corrected chi connectivity index (χ0v) is 10.2. The van der Waals surface area contributed by atoms with E-state index in [-0.39, 0.29) is 18.0 Å². The molecule has 0 spiro atoms. The summed E-state index contributed by atoms with van der Waals surface area (Å²) >= 11 is 0. The third kappa shape index (κ3) is 2.87. The minimum Gasteiger partial charge on any atom is -0.479 e. The Morgan fingerprint density at radius 3 is 3.00 bits per heavy atom. The predicted molar refractivity (Wildman–Crippen MR) is 65.3 cm³/mol. The average Bonchev–Trinajstić information content (AvgIpc) is 2.83. The van der Waals surface area contributed by atoms with Crippen molar-refractivity contribution >= 4 is 5.69 Å². The van der Waals surface area contributed by atoms with E-state index >= 15 is 0 Å². The van der Waals surface area contributed by atoms with E-state index in [2.05, 4.69) is 4.98 Å². The third-order valence-electron chi connectivity index (χ3n) is 2.62. The van der Waals surface area contributed by atoms with Crippen LogP contribution in [0, 0.1) is 15.9 Å². The molecule has 19 heavy (non-hydrogen) atoms. The number of nitro benzene ring substituents is 1. The maximum Gasteiger partial charge on any atom is 0.311 e. The molecule has 0 aliphatic rings. The number of halogens is 1. The second kappa shape index (κ2) is 5.47. The summed E-state index contributed by atoms with van der Waals surface area (Å²) < 4.78 is 20.2. The van der Waals surface area contributed by atoms with E-state index < -0.39 is 10.7 Å². The van der Waals surface area contributed by atoms with Crippen LogP contribution in [-0.2, 0) is 13.2 Å². The van der Waals surface area contributed by atoms with Crippen LogP contribution in [0.15, 0.2) is 30.6 Å². The number of imidazole rings is 1. The molecule has 0 unspecified atom stereocenters. The van der Waals surface area contributed by atoms with Gasteiger partial charge in [0.15, 0.2) is 5.75 Å². The van der Waals surface area contributed by atoms with Gasteiger partial charge in [-0.15, -0.1) is 0 Å². The van der Waals surface area contributed by atoms with Crippen LogP contribution in [0.2, 0.25) is 0 Å². The highest BCUT2D eigenvalue weighted by atomic mass is 19.1. The summed E-state index contributed by atoms with van der Waals surface area (Å²) in [6.45, 7) is 2.70. The van der Waals surface area contributed by atoms with Crippen molar-refractivity contribution in [1.82, 2.24) is 9.55 Å². The van der Waals surface area contributed by atoms with Crippen molar-refractivity contribution < 1.29 is 14.1 Å². The Kier molecular flexibility index (Phi) is 3.74. The molecule has 0 aliphatic carbocycles. The maximum absolute atomic E-state index is 13.1. The van der Waals surface area contributed by atoms with Gasteiger partial charge in [0.05, 0.1) is 4.92 Å². The minimum atomic E-state index is -0.610. The zero-order valence-electron chi connectivity index (χ0n) is 10.2. The molecule has 7 heteroatoms. The molecule has 0 atom stereocenters. The van der Waals surface area contributed by atoms with Gasteiger partial charge in [0.2, 0.25) is 0 Å². The number of nitro groups is 1. The molecule has 2 aromatic rings. The topological polar surface area (TPSA) is 70.2 Å². The fraction of sp³-hybridized carbons (Fsp3) is 0.250. The van der Waals surface area contributed by atoms with Gasteiger partial charge < -0.3 is 9.30 Å². The fourth-order valence-corrected chi connectivity index (χ4v) is 1.66. The number of aromatic nitrogens is 2. The van der Waals surface area contributed by atoms with Crippen LogP contribution in [-0.4, -0.2) is 14.5 Å². The Balaban J connectivity index is 2.19. The molecular weight excluding hydrogens is 253 g/mol. The lowest BCUT2D eigenvalue weighted by Gasteiger charge is -2.08. The van der Waals surface area contributed by atoms with E-state index in [1.165, 1.54) is 0 Å². The monoisotopic (exact) mass is 265 g/mol. The molecule has 0 saturated carbocycles. The lowest BCUT2D eigenvalue weighted by atomic mass is 10.3. The number of ether oxygens (including phenoxy) is 1. The van der Waals surface area contributed by atoms with E-state index in [0.29, 0.717) is 12.4 Å². The molecule has 0 bridgehead atoms. The summed E-state index contributed by atoms with van der Waals surface area (Å²) in [6.07, 6.45) is 3.39. The van der Waals surface area contributed by atoms with Crippen LogP contribution >= 0.6 is 0 Å². The highest BCUT2D eigenvalue weighted by Crippen LogP contribution is 2.28. The Hall–Kier alpha value is -2.44. The number of nitrogens with zero attached hydrogens (tertiary/aromatic N) is 3. The van der Waals surface area contributed by atoms with Crippen molar-refractivity contribution in [2.75, 3.05) is 0 Å². The van der Waals surface area contributed by atoms with Crippen LogP contribution < -0.4 is 4.74 Å². The van der Waals surface area contributed by atoms with Crippen molar-refractivity contribution in [3.8, 4) is 5.75 Å². The van der Waals surface area contributed by atoms with Crippen molar-refractivity contribution in [2.24, 2.45) is 0 Å². The van der Waals surface area contributed by atoms with Gasteiger partial charge in [0.25, 0.3) is 0 Å². The molecule has 1 aromatic carbocycles. The lowest BCUT2D eigenvalue weighted by molar-refractivity contribution is -0.386. The summed E-state index contributed by atoms with van der Waals surface area (Å²) in [7, 11) is 0. The SMILES string of the molecule is CCn1ccnc1COc1cc(F)ccc1[N+](=O)[O-]. The molecule has 1 heterocycles. The predicted octanol–water partition coefficient (Wildman–Crippen LogP) is 2.53. The van der Waals surface area contributed by atoms with Crippen molar-refractivity contribution in [3.63, 3.8) is 0 Å². The van der Waals surface area contributed by atoms with Gasteiger partial charge in [-0.05, 0) is 13.0 Å². The first kappa shape index (κ1) is 13.0. The summed E-state index contributed by atoms with van der Waals surface area (Å²) in [5.74, 6) is -0.0591. The normalized spacial score (nSPS) is 10.4.